The van der Waals surface area contributed by atoms with E-state index in [2.05, 4.69) is 32.9 Å². The molecule has 0 amide bonds. The monoisotopic (exact) mass is 698 g/mol. The Labute approximate surface area is 255 Å². The van der Waals surface area contributed by atoms with Crippen LogP contribution >= 0.6 is 0 Å². The van der Waals surface area contributed by atoms with E-state index in [0.29, 0.717) is 0 Å². The molecule has 10 heteroatoms. The second-order valence-electron chi connectivity index (χ2n) is 11.3. The molecule has 1 heterocycles. The molecular weight excluding hydrogens is 647 g/mol. The van der Waals surface area contributed by atoms with Crippen molar-refractivity contribution in [3.05, 3.63) is 29.8 Å². The standard InChI is InChI=1S/C20H23O9.3C4H9.Sn/c1-11(21)25-10-16-18(26-12(2)22)20(28-14(4)24)19(27-13(3)23)17(29-16)15-8-6-5-7-9-15;3*1-3-4-2;/h5-6,8-9,16-20H,10H2,1-4H3;3*1,3-4H2,2H3;/t16-,17+,18-,19+,20+;;;;/m1..../s1. The number of benzene rings is 1. The van der Waals surface area contributed by atoms with Gasteiger partial charge in [0, 0.05) is 0 Å². The van der Waals surface area contributed by atoms with Crippen LogP contribution < -0.4 is 3.58 Å². The summed E-state index contributed by atoms with van der Waals surface area (Å²) in [7, 11) is 0. The van der Waals surface area contributed by atoms with Gasteiger partial charge >= 0.3 is 256 Å². The van der Waals surface area contributed by atoms with E-state index in [0.717, 1.165) is 24.8 Å². The number of hydrogen-bond donors (Lipinski definition) is 0. The Morgan fingerprint density at radius 1 is 0.714 bits per heavy atom. The fourth-order valence-electron chi connectivity index (χ4n) is 5.90. The Kier molecular flexibility index (Phi) is 15.3. The van der Waals surface area contributed by atoms with Crippen molar-refractivity contribution >= 4 is 45.8 Å². The minimum absolute atomic E-state index is 0.235. The zero-order chi connectivity index (χ0) is 31.3. The van der Waals surface area contributed by atoms with Gasteiger partial charge in [-0.1, -0.05) is 0 Å². The van der Waals surface area contributed by atoms with Gasteiger partial charge in [-0.2, -0.15) is 0 Å². The van der Waals surface area contributed by atoms with Crippen LogP contribution in [0.4, 0.5) is 0 Å². The van der Waals surface area contributed by atoms with Crippen molar-refractivity contribution in [1.82, 2.24) is 0 Å². The van der Waals surface area contributed by atoms with Crippen molar-refractivity contribution in [1.29, 1.82) is 0 Å². The van der Waals surface area contributed by atoms with Crippen molar-refractivity contribution in [2.75, 3.05) is 6.61 Å². The summed E-state index contributed by atoms with van der Waals surface area (Å²) in [5, 5.41) is 0. The third-order valence-electron chi connectivity index (χ3n) is 7.85. The van der Waals surface area contributed by atoms with Gasteiger partial charge in [-0.25, -0.2) is 0 Å². The summed E-state index contributed by atoms with van der Waals surface area (Å²) in [5.74, 6) is -2.41. The number of ether oxygens (including phenoxy) is 5. The molecular formula is C32H50O9Sn. The van der Waals surface area contributed by atoms with Crippen LogP contribution in [-0.4, -0.2) is 73.3 Å². The van der Waals surface area contributed by atoms with Crippen molar-refractivity contribution in [2.45, 2.75) is 131 Å². The van der Waals surface area contributed by atoms with Crippen LogP contribution in [0.2, 0.25) is 13.3 Å². The van der Waals surface area contributed by atoms with Gasteiger partial charge in [0.15, 0.2) is 0 Å². The average molecular weight is 697 g/mol. The van der Waals surface area contributed by atoms with E-state index >= 15 is 0 Å². The molecule has 5 atom stereocenters. The quantitative estimate of drug-likeness (QED) is 0.125. The van der Waals surface area contributed by atoms with Crippen molar-refractivity contribution in [2.24, 2.45) is 0 Å². The third-order valence-corrected chi connectivity index (χ3v) is 23.5. The molecule has 0 radical (unpaired) electrons. The van der Waals surface area contributed by atoms with Crippen LogP contribution in [0.3, 0.4) is 0 Å². The van der Waals surface area contributed by atoms with Gasteiger partial charge in [-0.05, 0) is 0 Å². The van der Waals surface area contributed by atoms with Crippen LogP contribution in [-0.2, 0) is 42.9 Å². The molecule has 1 aliphatic heterocycles. The summed E-state index contributed by atoms with van der Waals surface area (Å²) in [5.41, 5.74) is 0.788. The van der Waals surface area contributed by atoms with Gasteiger partial charge in [0.1, 0.15) is 0 Å². The predicted octanol–water partition coefficient (Wildman–Crippen LogP) is 5.54. The summed E-state index contributed by atoms with van der Waals surface area (Å²) < 4.78 is 33.9. The first-order valence-electron chi connectivity index (χ1n) is 15.4. The van der Waals surface area contributed by atoms with E-state index in [1.807, 2.05) is 12.1 Å². The van der Waals surface area contributed by atoms with Crippen LogP contribution in [0, 0.1) is 0 Å². The van der Waals surface area contributed by atoms with Gasteiger partial charge < -0.3 is 0 Å². The van der Waals surface area contributed by atoms with Gasteiger partial charge in [-0.15, -0.1) is 0 Å². The summed E-state index contributed by atoms with van der Waals surface area (Å²) in [6, 6.07) is 8.43. The van der Waals surface area contributed by atoms with E-state index < -0.39 is 72.8 Å². The van der Waals surface area contributed by atoms with Gasteiger partial charge in [0.25, 0.3) is 0 Å². The average Bonchev–Trinajstić information content (AvgIpc) is 2.93. The zero-order valence-corrected chi connectivity index (χ0v) is 29.3. The van der Waals surface area contributed by atoms with Crippen LogP contribution in [0.25, 0.3) is 0 Å². The maximum atomic E-state index is 12.3. The molecule has 0 N–H and O–H groups in total. The second-order valence-corrected chi connectivity index (χ2v) is 24.6. The number of esters is 4. The van der Waals surface area contributed by atoms with E-state index in [1.165, 1.54) is 63.8 Å². The first-order valence-corrected chi connectivity index (χ1v) is 22.9. The molecule has 1 fully saturated rings. The molecule has 236 valence electrons. The fraction of sp³-hybridized carbons (Fsp3) is 0.688. The Hall–Kier alpha value is -2.14. The van der Waals surface area contributed by atoms with E-state index in [1.54, 1.807) is 0 Å². The Morgan fingerprint density at radius 2 is 1.21 bits per heavy atom. The topological polar surface area (TPSA) is 114 Å². The summed E-state index contributed by atoms with van der Waals surface area (Å²) >= 11 is -2.86. The number of rotatable bonds is 16. The molecule has 1 aromatic rings. The van der Waals surface area contributed by atoms with Crippen LogP contribution in [0.5, 0.6) is 0 Å². The molecule has 1 aromatic carbocycles. The van der Waals surface area contributed by atoms with Gasteiger partial charge in [0.05, 0.1) is 0 Å². The van der Waals surface area contributed by atoms with Gasteiger partial charge in [0.2, 0.25) is 0 Å². The molecule has 0 spiro atoms. The fourth-order valence-corrected chi connectivity index (χ4v) is 22.0. The molecule has 0 saturated carbocycles. The third kappa shape index (κ3) is 10.5. The molecule has 0 aromatic heterocycles. The normalized spacial score (nSPS) is 22.2. The second kappa shape index (κ2) is 17.8. The number of hydrogen-bond acceptors (Lipinski definition) is 9. The first-order chi connectivity index (χ1) is 20.0. The molecule has 1 saturated heterocycles. The number of carbonyl (C=O) groups excluding carboxylic acids is 4. The number of unbranched alkanes of at least 4 members (excludes halogenated alkanes) is 3. The summed E-state index contributed by atoms with van der Waals surface area (Å²) in [4.78, 5) is 48.4. The van der Waals surface area contributed by atoms with Gasteiger partial charge in [-0.3, -0.25) is 0 Å². The predicted molar refractivity (Wildman–Crippen MR) is 162 cm³/mol. The molecule has 0 aliphatic carbocycles. The molecule has 0 unspecified atom stereocenters. The molecule has 1 aliphatic rings. The molecule has 9 nitrogen and oxygen atoms in total. The van der Waals surface area contributed by atoms with E-state index in [4.69, 9.17) is 23.7 Å². The maximum absolute atomic E-state index is 12.3. The summed E-state index contributed by atoms with van der Waals surface area (Å²) in [6.07, 6.45) is 1.81. The summed E-state index contributed by atoms with van der Waals surface area (Å²) in [6.45, 7) is 11.5. The minimum atomic E-state index is -2.86. The Bertz CT molecular complexity index is 1020. The molecule has 0 bridgehead atoms. The first kappa shape index (κ1) is 36.1. The molecule has 42 heavy (non-hydrogen) atoms. The molecule has 2 rings (SSSR count). The van der Waals surface area contributed by atoms with Crippen molar-refractivity contribution in [3.63, 3.8) is 0 Å². The van der Waals surface area contributed by atoms with Crippen molar-refractivity contribution in [3.8, 4) is 0 Å². The SMILES string of the molecule is CCC[CH2][Sn]([CH2]CCC)([CH2]CCC)[c]1cccc([C@@H]2O[C@H](COC(C)=O)[C@@H](OC(C)=O)[C@H](OC(C)=O)[C@H]2OC(C)=O)c1. The Morgan fingerprint density at radius 3 is 1.69 bits per heavy atom. The van der Waals surface area contributed by atoms with E-state index in [-0.39, 0.29) is 6.61 Å². The Balaban J connectivity index is 2.69. The van der Waals surface area contributed by atoms with Crippen molar-refractivity contribution < 1.29 is 42.9 Å². The number of carbonyl (C=O) groups is 4. The van der Waals surface area contributed by atoms with Crippen LogP contribution in [0.1, 0.15) is 98.7 Å². The zero-order valence-electron chi connectivity index (χ0n) is 26.4. The van der Waals surface area contributed by atoms with Crippen LogP contribution in [0.15, 0.2) is 24.3 Å². The van der Waals surface area contributed by atoms with E-state index in [9.17, 15) is 19.2 Å².